The number of rotatable bonds is 6. The SMILES string of the molecule is CCCC(C)n1nnnc1-c1c(N)cccc1OCC. The molecule has 0 spiro atoms. The van der Waals surface area contributed by atoms with Crippen molar-refractivity contribution in [2.75, 3.05) is 12.3 Å². The average molecular weight is 275 g/mol. The lowest BCUT2D eigenvalue weighted by Gasteiger charge is -2.15. The number of ether oxygens (including phenoxy) is 1. The molecular weight excluding hydrogens is 254 g/mol. The first-order valence-electron chi connectivity index (χ1n) is 6.98. The van der Waals surface area contributed by atoms with Gasteiger partial charge >= 0.3 is 0 Å². The fourth-order valence-corrected chi connectivity index (χ4v) is 2.26. The van der Waals surface area contributed by atoms with Crippen molar-refractivity contribution in [2.24, 2.45) is 0 Å². The fourth-order valence-electron chi connectivity index (χ4n) is 2.26. The largest absolute Gasteiger partial charge is 0.493 e. The minimum atomic E-state index is 0.221. The van der Waals surface area contributed by atoms with Crippen LogP contribution < -0.4 is 10.5 Å². The van der Waals surface area contributed by atoms with Gasteiger partial charge in [0.05, 0.1) is 18.2 Å². The number of tetrazole rings is 1. The first-order valence-corrected chi connectivity index (χ1v) is 6.98. The van der Waals surface area contributed by atoms with Gasteiger partial charge < -0.3 is 10.5 Å². The molecule has 20 heavy (non-hydrogen) atoms. The van der Waals surface area contributed by atoms with Gasteiger partial charge in [0.1, 0.15) is 5.75 Å². The molecule has 1 aromatic heterocycles. The minimum absolute atomic E-state index is 0.221. The van der Waals surface area contributed by atoms with E-state index in [4.69, 9.17) is 10.5 Å². The summed E-state index contributed by atoms with van der Waals surface area (Å²) in [6, 6.07) is 5.81. The van der Waals surface area contributed by atoms with Crippen LogP contribution >= 0.6 is 0 Å². The predicted molar refractivity (Wildman–Crippen MR) is 78.5 cm³/mol. The molecule has 2 N–H and O–H groups in total. The van der Waals surface area contributed by atoms with E-state index in [2.05, 4.69) is 29.4 Å². The van der Waals surface area contributed by atoms with Crippen LogP contribution in [0.25, 0.3) is 11.4 Å². The van der Waals surface area contributed by atoms with E-state index < -0.39 is 0 Å². The van der Waals surface area contributed by atoms with Crippen LogP contribution in [0.3, 0.4) is 0 Å². The molecule has 0 aliphatic heterocycles. The number of nitrogen functional groups attached to an aromatic ring is 1. The maximum absolute atomic E-state index is 6.10. The van der Waals surface area contributed by atoms with Crippen LogP contribution in [0.5, 0.6) is 5.75 Å². The highest BCUT2D eigenvalue weighted by molar-refractivity contribution is 5.77. The Hall–Kier alpha value is -2.11. The molecule has 0 aliphatic rings. The zero-order chi connectivity index (χ0) is 14.5. The van der Waals surface area contributed by atoms with Gasteiger partial charge in [-0.3, -0.25) is 0 Å². The van der Waals surface area contributed by atoms with Gasteiger partial charge in [0.25, 0.3) is 0 Å². The van der Waals surface area contributed by atoms with E-state index in [1.54, 1.807) is 0 Å². The molecule has 1 heterocycles. The second kappa shape index (κ2) is 6.36. The maximum atomic E-state index is 6.10. The highest BCUT2D eigenvalue weighted by atomic mass is 16.5. The summed E-state index contributed by atoms with van der Waals surface area (Å²) in [5.74, 6) is 1.37. The van der Waals surface area contributed by atoms with Gasteiger partial charge in [-0.05, 0) is 42.8 Å². The van der Waals surface area contributed by atoms with Gasteiger partial charge in [-0.2, -0.15) is 0 Å². The number of nitrogens with two attached hydrogens (primary N) is 1. The predicted octanol–water partition coefficient (Wildman–Crippen LogP) is 2.68. The normalized spacial score (nSPS) is 12.3. The van der Waals surface area contributed by atoms with E-state index in [1.807, 2.05) is 29.8 Å². The van der Waals surface area contributed by atoms with Gasteiger partial charge in [-0.25, -0.2) is 4.68 Å². The lowest BCUT2D eigenvalue weighted by molar-refractivity contribution is 0.341. The average Bonchev–Trinajstić information content (AvgIpc) is 2.88. The highest BCUT2D eigenvalue weighted by Gasteiger charge is 2.19. The lowest BCUT2D eigenvalue weighted by atomic mass is 10.1. The van der Waals surface area contributed by atoms with Gasteiger partial charge in [0.15, 0.2) is 5.82 Å². The van der Waals surface area contributed by atoms with Crippen LogP contribution in [-0.2, 0) is 0 Å². The summed E-state index contributed by atoms with van der Waals surface area (Å²) in [5.41, 5.74) is 7.48. The number of aromatic nitrogens is 4. The van der Waals surface area contributed by atoms with E-state index in [1.165, 1.54) is 0 Å². The Bertz CT molecular complexity index is 566. The number of hydrogen-bond donors (Lipinski definition) is 1. The van der Waals surface area contributed by atoms with Crippen molar-refractivity contribution in [2.45, 2.75) is 39.7 Å². The summed E-state index contributed by atoms with van der Waals surface area (Å²) in [6.45, 7) is 6.75. The summed E-state index contributed by atoms with van der Waals surface area (Å²) < 4.78 is 7.46. The molecule has 1 unspecified atom stereocenters. The van der Waals surface area contributed by atoms with Gasteiger partial charge in [0.2, 0.25) is 0 Å². The van der Waals surface area contributed by atoms with Crippen molar-refractivity contribution in [1.29, 1.82) is 0 Å². The quantitative estimate of drug-likeness (QED) is 0.820. The van der Waals surface area contributed by atoms with Crippen LogP contribution in [0.2, 0.25) is 0 Å². The zero-order valence-electron chi connectivity index (χ0n) is 12.2. The van der Waals surface area contributed by atoms with Gasteiger partial charge in [-0.1, -0.05) is 19.4 Å². The third-order valence-electron chi connectivity index (χ3n) is 3.20. The molecule has 2 rings (SSSR count). The number of hydrogen-bond acceptors (Lipinski definition) is 5. The van der Waals surface area contributed by atoms with E-state index >= 15 is 0 Å². The van der Waals surface area contributed by atoms with Crippen molar-refractivity contribution in [3.05, 3.63) is 18.2 Å². The molecule has 1 atom stereocenters. The van der Waals surface area contributed by atoms with Crippen LogP contribution in [0.15, 0.2) is 18.2 Å². The Morgan fingerprint density at radius 1 is 1.35 bits per heavy atom. The lowest BCUT2D eigenvalue weighted by Crippen LogP contribution is -2.10. The molecule has 2 aromatic rings. The van der Waals surface area contributed by atoms with Crippen LogP contribution in [0.4, 0.5) is 5.69 Å². The van der Waals surface area contributed by atoms with E-state index in [-0.39, 0.29) is 6.04 Å². The second-order valence-electron chi connectivity index (χ2n) is 4.74. The second-order valence-corrected chi connectivity index (χ2v) is 4.74. The highest BCUT2D eigenvalue weighted by Crippen LogP contribution is 2.34. The van der Waals surface area contributed by atoms with Gasteiger partial charge in [-0.15, -0.1) is 5.10 Å². The molecule has 6 nitrogen and oxygen atoms in total. The number of benzene rings is 1. The summed E-state index contributed by atoms with van der Waals surface area (Å²) in [7, 11) is 0. The Balaban J connectivity index is 2.49. The molecule has 1 aromatic carbocycles. The third kappa shape index (κ3) is 2.74. The molecule has 108 valence electrons. The van der Waals surface area contributed by atoms with Crippen molar-refractivity contribution in [3.63, 3.8) is 0 Å². The Kier molecular flexibility index (Phi) is 4.55. The first kappa shape index (κ1) is 14.3. The molecule has 6 heteroatoms. The van der Waals surface area contributed by atoms with E-state index in [0.717, 1.165) is 18.4 Å². The smallest absolute Gasteiger partial charge is 0.188 e. The Morgan fingerprint density at radius 3 is 2.85 bits per heavy atom. The van der Waals surface area contributed by atoms with Crippen molar-refractivity contribution >= 4 is 5.69 Å². The van der Waals surface area contributed by atoms with Crippen molar-refractivity contribution in [1.82, 2.24) is 20.2 Å². The van der Waals surface area contributed by atoms with E-state index in [9.17, 15) is 0 Å². The molecule has 0 radical (unpaired) electrons. The molecule has 0 aliphatic carbocycles. The molecule has 0 saturated carbocycles. The Labute approximate surface area is 118 Å². The monoisotopic (exact) mass is 275 g/mol. The van der Waals surface area contributed by atoms with Crippen molar-refractivity contribution in [3.8, 4) is 17.1 Å². The summed E-state index contributed by atoms with van der Waals surface area (Å²) in [5, 5.41) is 12.0. The van der Waals surface area contributed by atoms with Crippen LogP contribution in [0.1, 0.15) is 39.7 Å². The molecule has 0 bridgehead atoms. The molecule has 0 fully saturated rings. The van der Waals surface area contributed by atoms with Crippen LogP contribution in [0, 0.1) is 0 Å². The summed E-state index contributed by atoms with van der Waals surface area (Å²) in [4.78, 5) is 0. The van der Waals surface area contributed by atoms with Crippen LogP contribution in [-0.4, -0.2) is 26.8 Å². The molecule has 0 saturated heterocycles. The zero-order valence-corrected chi connectivity index (χ0v) is 12.2. The Morgan fingerprint density at radius 2 is 2.15 bits per heavy atom. The van der Waals surface area contributed by atoms with E-state index in [0.29, 0.717) is 23.9 Å². The number of nitrogens with zero attached hydrogens (tertiary/aromatic N) is 4. The van der Waals surface area contributed by atoms with Crippen molar-refractivity contribution < 1.29 is 4.74 Å². The molecular formula is C14H21N5O. The molecule has 0 amide bonds. The topological polar surface area (TPSA) is 78.9 Å². The summed E-state index contributed by atoms with van der Waals surface area (Å²) in [6.07, 6.45) is 2.08. The summed E-state index contributed by atoms with van der Waals surface area (Å²) >= 11 is 0. The number of anilines is 1. The fraction of sp³-hybridized carbons (Fsp3) is 0.500. The minimum Gasteiger partial charge on any atom is -0.493 e. The standard InChI is InChI=1S/C14H21N5O/c1-4-7-10(3)19-14(16-17-18-19)13-11(15)8-6-9-12(13)20-5-2/h6,8-10H,4-5,7,15H2,1-3H3. The van der Waals surface area contributed by atoms with Gasteiger partial charge in [0, 0.05) is 5.69 Å². The first-order chi connectivity index (χ1) is 9.69. The third-order valence-corrected chi connectivity index (χ3v) is 3.20. The maximum Gasteiger partial charge on any atom is 0.188 e.